The van der Waals surface area contributed by atoms with E-state index in [9.17, 15) is 9.59 Å². The average Bonchev–Trinajstić information content (AvgIpc) is 3.17. The lowest BCUT2D eigenvalue weighted by atomic mass is 10.2. The van der Waals surface area contributed by atoms with Crippen LogP contribution in [0.25, 0.3) is 11.3 Å². The van der Waals surface area contributed by atoms with Crippen LogP contribution in [-0.4, -0.2) is 22.9 Å². The number of amides is 1. The van der Waals surface area contributed by atoms with Crippen molar-refractivity contribution in [3.05, 3.63) is 78.3 Å². The zero-order chi connectivity index (χ0) is 19.1. The minimum absolute atomic E-state index is 0.0506. The smallest absolute Gasteiger partial charge is 0.308 e. The van der Waals surface area contributed by atoms with Crippen LogP contribution in [0.2, 0.25) is 0 Å². The van der Waals surface area contributed by atoms with Crippen LogP contribution in [0.3, 0.4) is 0 Å². The van der Waals surface area contributed by atoms with Gasteiger partial charge < -0.3 is 14.5 Å². The van der Waals surface area contributed by atoms with E-state index in [1.54, 1.807) is 37.4 Å². The number of rotatable bonds is 7. The molecule has 1 amide bonds. The van der Waals surface area contributed by atoms with Gasteiger partial charge >= 0.3 is 5.97 Å². The van der Waals surface area contributed by atoms with E-state index in [-0.39, 0.29) is 25.0 Å². The fourth-order valence-electron chi connectivity index (χ4n) is 2.51. The van der Waals surface area contributed by atoms with Crippen LogP contribution in [0.15, 0.2) is 71.3 Å². The summed E-state index contributed by atoms with van der Waals surface area (Å²) in [6, 6.07) is 18.0. The zero-order valence-electron chi connectivity index (χ0n) is 14.9. The second kappa shape index (κ2) is 8.80. The second-order valence-electron chi connectivity index (χ2n) is 6.09. The van der Waals surface area contributed by atoms with Gasteiger partial charge in [0.05, 0.1) is 12.6 Å². The van der Waals surface area contributed by atoms with Gasteiger partial charge in [-0.15, -0.1) is 0 Å². The Morgan fingerprint density at radius 3 is 2.44 bits per heavy atom. The third kappa shape index (κ3) is 5.28. The number of oxazole rings is 1. The monoisotopic (exact) mass is 364 g/mol. The first-order chi connectivity index (χ1) is 13.1. The molecule has 0 aliphatic rings. The topological polar surface area (TPSA) is 81.4 Å². The lowest BCUT2D eigenvalue weighted by molar-refractivity contribution is -0.146. The quantitative estimate of drug-likeness (QED) is 0.648. The predicted octanol–water partition coefficient (Wildman–Crippen LogP) is 3.59. The van der Waals surface area contributed by atoms with Crippen molar-refractivity contribution in [3.8, 4) is 11.3 Å². The number of carbonyl (C=O) groups excluding carboxylic acids is 2. The van der Waals surface area contributed by atoms with Crippen molar-refractivity contribution in [2.75, 3.05) is 0 Å². The molecule has 1 atom stereocenters. The van der Waals surface area contributed by atoms with E-state index in [4.69, 9.17) is 9.15 Å². The predicted molar refractivity (Wildman–Crippen MR) is 99.7 cm³/mol. The Labute approximate surface area is 157 Å². The average molecular weight is 364 g/mol. The SMILES string of the molecule is C[C@@H](CC(=O)OCc1ncc(-c2ccccc2)o1)NC(=O)c1ccccc1. The van der Waals surface area contributed by atoms with Crippen molar-refractivity contribution in [1.82, 2.24) is 10.3 Å². The molecule has 3 aromatic rings. The number of esters is 1. The molecule has 0 unspecified atom stereocenters. The van der Waals surface area contributed by atoms with Crippen molar-refractivity contribution in [3.63, 3.8) is 0 Å². The van der Waals surface area contributed by atoms with Crippen LogP contribution in [0.1, 0.15) is 29.6 Å². The van der Waals surface area contributed by atoms with E-state index in [0.717, 1.165) is 5.56 Å². The van der Waals surface area contributed by atoms with Crippen molar-refractivity contribution in [1.29, 1.82) is 0 Å². The highest BCUT2D eigenvalue weighted by Crippen LogP contribution is 2.20. The van der Waals surface area contributed by atoms with Gasteiger partial charge in [0.2, 0.25) is 5.89 Å². The summed E-state index contributed by atoms with van der Waals surface area (Å²) in [5, 5.41) is 2.77. The van der Waals surface area contributed by atoms with Gasteiger partial charge in [-0.3, -0.25) is 9.59 Å². The molecule has 0 spiro atoms. The molecule has 138 valence electrons. The van der Waals surface area contributed by atoms with E-state index in [0.29, 0.717) is 17.2 Å². The minimum Gasteiger partial charge on any atom is -0.456 e. The van der Waals surface area contributed by atoms with Crippen LogP contribution in [0.4, 0.5) is 0 Å². The maximum atomic E-state index is 12.1. The van der Waals surface area contributed by atoms with E-state index < -0.39 is 5.97 Å². The first-order valence-electron chi connectivity index (χ1n) is 8.63. The number of carbonyl (C=O) groups is 2. The molecule has 1 aromatic heterocycles. The van der Waals surface area contributed by atoms with Crippen LogP contribution < -0.4 is 5.32 Å². The third-order valence-corrected chi connectivity index (χ3v) is 3.85. The molecule has 0 radical (unpaired) electrons. The number of hydrogen-bond acceptors (Lipinski definition) is 5. The van der Waals surface area contributed by atoms with Crippen molar-refractivity contribution < 1.29 is 18.7 Å². The standard InChI is InChI=1S/C21H20N2O4/c1-15(23-21(25)17-10-6-3-7-11-17)12-20(24)26-14-19-22-13-18(27-19)16-8-4-2-5-9-16/h2-11,13,15H,12,14H2,1H3,(H,23,25)/t15-/m0/s1. The van der Waals surface area contributed by atoms with Crippen LogP contribution in [0, 0.1) is 0 Å². The molecule has 6 nitrogen and oxygen atoms in total. The first-order valence-corrected chi connectivity index (χ1v) is 8.63. The van der Waals surface area contributed by atoms with E-state index in [2.05, 4.69) is 10.3 Å². The number of aromatic nitrogens is 1. The van der Waals surface area contributed by atoms with E-state index in [1.807, 2.05) is 36.4 Å². The van der Waals surface area contributed by atoms with E-state index in [1.165, 1.54) is 0 Å². The fourth-order valence-corrected chi connectivity index (χ4v) is 2.51. The third-order valence-electron chi connectivity index (χ3n) is 3.85. The normalized spacial score (nSPS) is 11.6. The first kappa shape index (κ1) is 18.4. The summed E-state index contributed by atoms with van der Waals surface area (Å²) in [6.07, 6.45) is 1.66. The number of nitrogens with one attached hydrogen (secondary N) is 1. The Bertz CT molecular complexity index is 891. The van der Waals surface area contributed by atoms with Crippen molar-refractivity contribution in [2.24, 2.45) is 0 Å². The van der Waals surface area contributed by atoms with Crippen LogP contribution >= 0.6 is 0 Å². The van der Waals surface area contributed by atoms with Gasteiger partial charge in [0.25, 0.3) is 5.91 Å². The maximum absolute atomic E-state index is 12.1. The van der Waals surface area contributed by atoms with Gasteiger partial charge in [-0.05, 0) is 19.1 Å². The Hall–Kier alpha value is -3.41. The number of hydrogen-bond donors (Lipinski definition) is 1. The molecule has 0 aliphatic heterocycles. The van der Waals surface area contributed by atoms with Crippen LogP contribution in [0.5, 0.6) is 0 Å². The zero-order valence-corrected chi connectivity index (χ0v) is 14.9. The number of benzene rings is 2. The van der Waals surface area contributed by atoms with Crippen LogP contribution in [-0.2, 0) is 16.1 Å². The molecule has 2 aromatic carbocycles. The Balaban J connectivity index is 1.46. The van der Waals surface area contributed by atoms with Gasteiger partial charge in [-0.25, -0.2) is 4.98 Å². The molecule has 0 aliphatic carbocycles. The highest BCUT2D eigenvalue weighted by Gasteiger charge is 2.15. The fraction of sp³-hybridized carbons (Fsp3) is 0.190. The summed E-state index contributed by atoms with van der Waals surface area (Å²) in [4.78, 5) is 28.2. The molecule has 0 saturated heterocycles. The largest absolute Gasteiger partial charge is 0.456 e. The van der Waals surface area contributed by atoms with E-state index >= 15 is 0 Å². The molecular weight excluding hydrogens is 344 g/mol. The second-order valence-corrected chi connectivity index (χ2v) is 6.09. The summed E-state index contributed by atoms with van der Waals surface area (Å²) in [5.41, 5.74) is 1.45. The molecule has 3 rings (SSSR count). The highest BCUT2D eigenvalue weighted by atomic mass is 16.5. The van der Waals surface area contributed by atoms with Gasteiger partial charge in [-0.1, -0.05) is 48.5 Å². The van der Waals surface area contributed by atoms with Gasteiger partial charge in [0, 0.05) is 17.2 Å². The van der Waals surface area contributed by atoms with Gasteiger partial charge in [0.15, 0.2) is 12.4 Å². The molecule has 1 N–H and O–H groups in total. The molecule has 0 bridgehead atoms. The molecule has 0 fully saturated rings. The summed E-state index contributed by atoms with van der Waals surface area (Å²) in [5.74, 6) is 0.278. The molecule has 0 saturated carbocycles. The summed E-state index contributed by atoms with van der Waals surface area (Å²) in [6.45, 7) is 1.70. The van der Waals surface area contributed by atoms with Crippen molar-refractivity contribution in [2.45, 2.75) is 26.0 Å². The summed E-state index contributed by atoms with van der Waals surface area (Å²) < 4.78 is 10.8. The lowest BCUT2D eigenvalue weighted by Crippen LogP contribution is -2.34. The molecule has 1 heterocycles. The van der Waals surface area contributed by atoms with Gasteiger partial charge in [-0.2, -0.15) is 0 Å². The summed E-state index contributed by atoms with van der Waals surface area (Å²) >= 11 is 0. The summed E-state index contributed by atoms with van der Waals surface area (Å²) in [7, 11) is 0. The molecule has 6 heteroatoms. The molecule has 27 heavy (non-hydrogen) atoms. The lowest BCUT2D eigenvalue weighted by Gasteiger charge is -2.13. The van der Waals surface area contributed by atoms with Gasteiger partial charge in [0.1, 0.15) is 0 Å². The Morgan fingerprint density at radius 1 is 1.07 bits per heavy atom. The Morgan fingerprint density at radius 2 is 1.74 bits per heavy atom. The molecular formula is C21H20N2O4. The highest BCUT2D eigenvalue weighted by molar-refractivity contribution is 5.94. The number of ether oxygens (including phenoxy) is 1. The Kier molecular flexibility index (Phi) is 5.99. The number of nitrogens with zero attached hydrogens (tertiary/aromatic N) is 1. The minimum atomic E-state index is -0.435. The maximum Gasteiger partial charge on any atom is 0.308 e. The van der Waals surface area contributed by atoms with Crippen molar-refractivity contribution >= 4 is 11.9 Å².